The van der Waals surface area contributed by atoms with E-state index in [4.69, 9.17) is 4.74 Å². The summed E-state index contributed by atoms with van der Waals surface area (Å²) in [5.74, 6) is -0.282. The van der Waals surface area contributed by atoms with Crippen molar-refractivity contribution in [1.29, 1.82) is 0 Å². The predicted molar refractivity (Wildman–Crippen MR) is 93.1 cm³/mol. The summed E-state index contributed by atoms with van der Waals surface area (Å²) in [6.07, 6.45) is 3.77. The van der Waals surface area contributed by atoms with Crippen molar-refractivity contribution in [1.82, 2.24) is 4.31 Å². The molecule has 1 aromatic rings. The molecular formula is C18H27NO4S. The highest BCUT2D eigenvalue weighted by Crippen LogP contribution is 2.30. The lowest BCUT2D eigenvalue weighted by molar-refractivity contribution is -0.147. The van der Waals surface area contributed by atoms with Crippen molar-refractivity contribution in [3.05, 3.63) is 29.8 Å². The number of esters is 1. The Morgan fingerprint density at radius 1 is 1.21 bits per heavy atom. The number of carbonyl (C=O) groups is 1. The van der Waals surface area contributed by atoms with Crippen molar-refractivity contribution in [2.75, 3.05) is 13.1 Å². The van der Waals surface area contributed by atoms with E-state index in [1.54, 1.807) is 24.3 Å². The highest BCUT2D eigenvalue weighted by Gasteiger charge is 2.40. The van der Waals surface area contributed by atoms with Gasteiger partial charge >= 0.3 is 5.97 Å². The number of carbonyl (C=O) groups excluding carboxylic acids is 1. The van der Waals surface area contributed by atoms with Crippen LogP contribution in [0.15, 0.2) is 29.2 Å². The lowest BCUT2D eigenvalue weighted by atomic mass is 9.98. The summed E-state index contributed by atoms with van der Waals surface area (Å²) in [6, 6.07) is 6.86. The van der Waals surface area contributed by atoms with Gasteiger partial charge in [-0.3, -0.25) is 4.79 Å². The largest absolute Gasteiger partial charge is 0.461 e. The summed E-state index contributed by atoms with van der Waals surface area (Å²) in [4.78, 5) is 11.6. The number of rotatable bonds is 7. The molecule has 2 rings (SSSR count). The van der Waals surface area contributed by atoms with E-state index in [0.717, 1.165) is 31.2 Å². The van der Waals surface area contributed by atoms with E-state index >= 15 is 0 Å². The number of nitrogens with zero attached hydrogens (tertiary/aromatic N) is 1. The van der Waals surface area contributed by atoms with Gasteiger partial charge in [-0.2, -0.15) is 4.31 Å². The Bertz CT molecular complexity index is 654. The van der Waals surface area contributed by atoms with Gasteiger partial charge in [0.2, 0.25) is 10.0 Å². The molecule has 0 N–H and O–H groups in total. The van der Waals surface area contributed by atoms with Crippen LogP contribution in [0, 0.1) is 12.8 Å². The number of unbranched alkanes of at least 4 members (excludes halogenated alkanes) is 2. The predicted octanol–water partition coefficient (Wildman–Crippen LogP) is 3.13. The van der Waals surface area contributed by atoms with Gasteiger partial charge in [0.05, 0.1) is 11.4 Å². The van der Waals surface area contributed by atoms with Gasteiger partial charge in [0.25, 0.3) is 0 Å². The monoisotopic (exact) mass is 353 g/mol. The smallest absolute Gasteiger partial charge is 0.302 e. The number of sulfonamides is 1. The third-order valence-electron chi connectivity index (χ3n) is 4.50. The first kappa shape index (κ1) is 18.9. The Hall–Kier alpha value is -1.40. The number of ether oxygens (including phenoxy) is 1. The van der Waals surface area contributed by atoms with Crippen molar-refractivity contribution in [2.24, 2.45) is 5.92 Å². The van der Waals surface area contributed by atoms with E-state index in [0.29, 0.717) is 11.4 Å². The Balaban J connectivity index is 2.15. The SMILES string of the molecule is CCCCC[C@@H]1CN(S(=O)(=O)c2ccc(C)cc2)C[C@@H]1OC(C)=O. The fourth-order valence-electron chi connectivity index (χ4n) is 3.14. The molecule has 1 aliphatic rings. The van der Waals surface area contributed by atoms with Crippen LogP contribution in [0.5, 0.6) is 0 Å². The molecule has 6 heteroatoms. The molecule has 0 unspecified atom stereocenters. The van der Waals surface area contributed by atoms with E-state index in [1.807, 2.05) is 6.92 Å². The summed E-state index contributed by atoms with van der Waals surface area (Å²) in [5.41, 5.74) is 1.02. The number of hydrogen-bond donors (Lipinski definition) is 0. The Morgan fingerprint density at radius 3 is 2.46 bits per heavy atom. The Morgan fingerprint density at radius 2 is 1.88 bits per heavy atom. The van der Waals surface area contributed by atoms with Crippen LogP contribution in [0.1, 0.15) is 45.1 Å². The zero-order valence-corrected chi connectivity index (χ0v) is 15.5. The summed E-state index contributed by atoms with van der Waals surface area (Å²) >= 11 is 0. The molecule has 0 spiro atoms. The van der Waals surface area contributed by atoms with Crippen molar-refractivity contribution in [3.63, 3.8) is 0 Å². The molecule has 1 aliphatic heterocycles. The van der Waals surface area contributed by atoms with Crippen molar-refractivity contribution < 1.29 is 17.9 Å². The maximum Gasteiger partial charge on any atom is 0.302 e. The van der Waals surface area contributed by atoms with Gasteiger partial charge in [0.1, 0.15) is 6.10 Å². The molecule has 2 atom stereocenters. The minimum absolute atomic E-state index is 0.0701. The normalized spacial score (nSPS) is 21.8. The average molecular weight is 353 g/mol. The van der Waals surface area contributed by atoms with Crippen LogP contribution >= 0.6 is 0 Å². The van der Waals surface area contributed by atoms with Gasteiger partial charge in [0, 0.05) is 19.4 Å². The number of aryl methyl sites for hydroxylation is 1. The van der Waals surface area contributed by atoms with Gasteiger partial charge in [0.15, 0.2) is 0 Å². The van der Waals surface area contributed by atoms with E-state index in [2.05, 4.69) is 6.92 Å². The molecule has 0 radical (unpaired) electrons. The van der Waals surface area contributed by atoms with Crippen LogP contribution in [0.25, 0.3) is 0 Å². The fraction of sp³-hybridized carbons (Fsp3) is 0.611. The van der Waals surface area contributed by atoms with E-state index in [9.17, 15) is 13.2 Å². The van der Waals surface area contributed by atoms with Crippen LogP contribution < -0.4 is 0 Å². The minimum atomic E-state index is -3.55. The van der Waals surface area contributed by atoms with E-state index in [-0.39, 0.29) is 24.5 Å². The maximum absolute atomic E-state index is 12.8. The third kappa shape index (κ3) is 4.57. The highest BCUT2D eigenvalue weighted by molar-refractivity contribution is 7.89. The maximum atomic E-state index is 12.8. The van der Waals surface area contributed by atoms with Gasteiger partial charge in [-0.25, -0.2) is 8.42 Å². The van der Waals surface area contributed by atoms with Crippen molar-refractivity contribution in [3.8, 4) is 0 Å². The molecule has 5 nitrogen and oxygen atoms in total. The molecule has 1 heterocycles. The summed E-state index contributed by atoms with van der Waals surface area (Å²) in [5, 5.41) is 0. The minimum Gasteiger partial charge on any atom is -0.461 e. The summed E-state index contributed by atoms with van der Waals surface area (Å²) < 4.78 is 32.5. The molecule has 134 valence electrons. The Labute approximate surface area is 145 Å². The van der Waals surface area contributed by atoms with Crippen LogP contribution in [0.4, 0.5) is 0 Å². The van der Waals surface area contributed by atoms with Crippen molar-refractivity contribution >= 4 is 16.0 Å². The van der Waals surface area contributed by atoms with Crippen molar-refractivity contribution in [2.45, 2.75) is 57.5 Å². The quantitative estimate of drug-likeness (QED) is 0.558. The fourth-order valence-corrected chi connectivity index (χ4v) is 4.65. The second-order valence-electron chi connectivity index (χ2n) is 6.54. The Kier molecular flexibility index (Phi) is 6.40. The molecule has 1 fully saturated rings. The number of hydrogen-bond acceptors (Lipinski definition) is 4. The van der Waals surface area contributed by atoms with Crippen LogP contribution in [0.2, 0.25) is 0 Å². The second-order valence-corrected chi connectivity index (χ2v) is 8.48. The summed E-state index contributed by atoms with van der Waals surface area (Å²) in [6.45, 7) is 6.09. The third-order valence-corrected chi connectivity index (χ3v) is 6.35. The molecule has 0 amide bonds. The van der Waals surface area contributed by atoms with Crippen LogP contribution in [-0.2, 0) is 19.6 Å². The van der Waals surface area contributed by atoms with Gasteiger partial charge in [-0.15, -0.1) is 0 Å². The van der Waals surface area contributed by atoms with Gasteiger partial charge in [-0.05, 0) is 25.5 Å². The molecule has 0 aliphatic carbocycles. The molecule has 1 saturated heterocycles. The van der Waals surface area contributed by atoms with Crippen LogP contribution in [0.3, 0.4) is 0 Å². The van der Waals surface area contributed by atoms with Crippen LogP contribution in [-0.4, -0.2) is 37.9 Å². The first-order valence-electron chi connectivity index (χ1n) is 8.58. The second kappa shape index (κ2) is 8.12. The lowest BCUT2D eigenvalue weighted by Gasteiger charge is -2.17. The molecular weight excluding hydrogens is 326 g/mol. The molecule has 24 heavy (non-hydrogen) atoms. The highest BCUT2D eigenvalue weighted by atomic mass is 32.2. The average Bonchev–Trinajstić information content (AvgIpc) is 2.91. The topological polar surface area (TPSA) is 63.7 Å². The van der Waals surface area contributed by atoms with Gasteiger partial charge in [-0.1, -0.05) is 43.9 Å². The first-order chi connectivity index (χ1) is 11.3. The first-order valence-corrected chi connectivity index (χ1v) is 10.0. The van der Waals surface area contributed by atoms with Gasteiger partial charge < -0.3 is 4.74 Å². The lowest BCUT2D eigenvalue weighted by Crippen LogP contribution is -2.30. The molecule has 1 aromatic carbocycles. The number of benzene rings is 1. The molecule has 0 bridgehead atoms. The standard InChI is InChI=1S/C18H27NO4S/c1-4-5-6-7-16-12-19(13-18(16)23-15(3)20)24(21,22)17-10-8-14(2)9-11-17/h8-11,16,18H,4-7,12-13H2,1-3H3/t16-,18+/m1/s1. The van der Waals surface area contributed by atoms with E-state index < -0.39 is 10.0 Å². The zero-order valence-electron chi connectivity index (χ0n) is 14.7. The molecule has 0 saturated carbocycles. The molecule has 0 aromatic heterocycles. The van der Waals surface area contributed by atoms with E-state index in [1.165, 1.54) is 11.2 Å². The zero-order chi connectivity index (χ0) is 17.7. The summed E-state index contributed by atoms with van der Waals surface area (Å²) in [7, 11) is -3.55.